The molecule has 0 saturated carbocycles. The van der Waals surface area contributed by atoms with Gasteiger partial charge in [-0.15, -0.1) is 0 Å². The van der Waals surface area contributed by atoms with Gasteiger partial charge in [0, 0.05) is 11.1 Å². The Morgan fingerprint density at radius 2 is 0.833 bits per heavy atom. The average Bonchev–Trinajstić information content (AvgIpc) is 2.50. The van der Waals surface area contributed by atoms with Crippen molar-refractivity contribution in [3.05, 3.63) is 71.8 Å². The molecule has 0 bridgehead atoms. The van der Waals surface area contributed by atoms with Gasteiger partial charge >= 0.3 is 0 Å². The molecule has 0 atom stereocenters. The lowest BCUT2D eigenvalue weighted by atomic mass is 9.96. The van der Waals surface area contributed by atoms with Crippen molar-refractivity contribution in [2.24, 2.45) is 9.98 Å². The van der Waals surface area contributed by atoms with Gasteiger partial charge in [0.2, 0.25) is 0 Å². The summed E-state index contributed by atoms with van der Waals surface area (Å²) in [5.74, 6) is 0. The number of aliphatic imine (C=N–C) groups is 2. The molecule has 0 aromatic heterocycles. The highest BCUT2D eigenvalue weighted by Gasteiger charge is 2.20. The van der Waals surface area contributed by atoms with Crippen LogP contribution in [0, 0.1) is 0 Å². The minimum Gasteiger partial charge on any atom is -0.277 e. The van der Waals surface area contributed by atoms with Gasteiger partial charge in [-0.3, -0.25) is 9.98 Å². The van der Waals surface area contributed by atoms with Crippen molar-refractivity contribution in [3.63, 3.8) is 0 Å². The smallest absolute Gasteiger partial charge is 0.0911 e. The number of hydrogen-bond donors (Lipinski definition) is 0. The van der Waals surface area contributed by atoms with Crippen LogP contribution in [0.25, 0.3) is 0 Å². The van der Waals surface area contributed by atoms with Crippen molar-refractivity contribution in [2.75, 3.05) is 0 Å². The van der Waals surface area contributed by atoms with Gasteiger partial charge in [-0.05, 0) is 41.5 Å². The normalized spacial score (nSPS) is 13.9. The molecule has 2 aromatic carbocycles. The molecule has 0 spiro atoms. The van der Waals surface area contributed by atoms with Gasteiger partial charge in [-0.1, -0.05) is 60.7 Å². The average molecular weight is 320 g/mol. The van der Waals surface area contributed by atoms with Gasteiger partial charge in [0.1, 0.15) is 0 Å². The number of hydrogen-bond acceptors (Lipinski definition) is 2. The number of rotatable bonds is 3. The van der Waals surface area contributed by atoms with E-state index in [0.29, 0.717) is 0 Å². The van der Waals surface area contributed by atoms with Crippen LogP contribution in [0.1, 0.15) is 52.7 Å². The number of benzene rings is 2. The van der Waals surface area contributed by atoms with Gasteiger partial charge < -0.3 is 0 Å². The Bertz CT molecular complexity index is 647. The van der Waals surface area contributed by atoms with Crippen LogP contribution >= 0.6 is 0 Å². The fraction of sp³-hybridized carbons (Fsp3) is 0.364. The summed E-state index contributed by atoms with van der Waals surface area (Å²) in [7, 11) is 0. The van der Waals surface area contributed by atoms with Crippen molar-refractivity contribution >= 4 is 11.4 Å². The quantitative estimate of drug-likeness (QED) is 0.661. The van der Waals surface area contributed by atoms with Gasteiger partial charge in [-0.2, -0.15) is 0 Å². The Morgan fingerprint density at radius 3 is 1.08 bits per heavy atom. The van der Waals surface area contributed by atoms with E-state index in [2.05, 4.69) is 65.8 Å². The molecular weight excluding hydrogens is 292 g/mol. The molecule has 126 valence electrons. The summed E-state index contributed by atoms with van der Waals surface area (Å²) in [6.07, 6.45) is 0. The monoisotopic (exact) mass is 320 g/mol. The molecule has 0 aliphatic carbocycles. The van der Waals surface area contributed by atoms with E-state index in [4.69, 9.17) is 9.98 Å². The molecule has 0 heterocycles. The minimum absolute atomic E-state index is 0.182. The van der Waals surface area contributed by atoms with E-state index < -0.39 is 0 Å². The summed E-state index contributed by atoms with van der Waals surface area (Å²) in [6, 6.07) is 20.7. The lowest BCUT2D eigenvalue weighted by Crippen LogP contribution is -2.26. The predicted molar refractivity (Wildman–Crippen MR) is 105 cm³/mol. The summed E-state index contributed by atoms with van der Waals surface area (Å²) in [5.41, 5.74) is 3.73. The maximum absolute atomic E-state index is 5.03. The molecule has 2 rings (SSSR count). The second-order valence-electron chi connectivity index (χ2n) is 7.99. The third kappa shape index (κ3) is 5.45. The summed E-state index contributed by atoms with van der Waals surface area (Å²) in [4.78, 5) is 10.1. The zero-order valence-electron chi connectivity index (χ0n) is 15.7. The van der Waals surface area contributed by atoms with Crippen LogP contribution < -0.4 is 0 Å². The Hall–Kier alpha value is -2.22. The standard InChI is InChI=1S/C22H28N2/c1-21(2,3)23-19(17-13-9-7-10-14-17)20(24-22(4,5)6)18-15-11-8-12-16-18/h7-16H,1-6H3. The Labute approximate surface area is 146 Å². The molecule has 0 radical (unpaired) electrons. The fourth-order valence-corrected chi connectivity index (χ4v) is 2.37. The van der Waals surface area contributed by atoms with Crippen molar-refractivity contribution in [1.29, 1.82) is 0 Å². The first-order chi connectivity index (χ1) is 11.2. The first-order valence-corrected chi connectivity index (χ1v) is 8.47. The lowest BCUT2D eigenvalue weighted by Gasteiger charge is -2.21. The largest absolute Gasteiger partial charge is 0.277 e. The predicted octanol–water partition coefficient (Wildman–Crippen LogP) is 5.56. The third-order valence-corrected chi connectivity index (χ3v) is 3.21. The number of nitrogens with zero attached hydrogens (tertiary/aromatic N) is 2. The SMILES string of the molecule is CC(C)(C)N=C(C(=NC(C)(C)C)c1ccccc1)c1ccccc1. The zero-order chi connectivity index (χ0) is 17.8. The molecular formula is C22H28N2. The Kier molecular flexibility index (Phi) is 5.38. The van der Waals surface area contributed by atoms with Gasteiger partial charge in [0.05, 0.1) is 22.5 Å². The summed E-state index contributed by atoms with van der Waals surface area (Å²) < 4.78 is 0. The molecule has 2 aromatic rings. The lowest BCUT2D eigenvalue weighted by molar-refractivity contribution is 0.579. The van der Waals surface area contributed by atoms with Crippen molar-refractivity contribution in [3.8, 4) is 0 Å². The van der Waals surface area contributed by atoms with Gasteiger partial charge in [0.25, 0.3) is 0 Å². The van der Waals surface area contributed by atoms with Crippen LogP contribution in [-0.2, 0) is 0 Å². The fourth-order valence-electron chi connectivity index (χ4n) is 2.37. The van der Waals surface area contributed by atoms with Crippen LogP contribution in [-0.4, -0.2) is 22.5 Å². The van der Waals surface area contributed by atoms with E-state index in [1.807, 2.05) is 36.4 Å². The highest BCUT2D eigenvalue weighted by atomic mass is 14.9. The summed E-state index contributed by atoms with van der Waals surface area (Å²) >= 11 is 0. The topological polar surface area (TPSA) is 24.7 Å². The van der Waals surface area contributed by atoms with Crippen LogP contribution in [0.3, 0.4) is 0 Å². The first-order valence-electron chi connectivity index (χ1n) is 8.47. The Morgan fingerprint density at radius 1 is 0.542 bits per heavy atom. The molecule has 0 unspecified atom stereocenters. The molecule has 0 saturated heterocycles. The Balaban J connectivity index is 2.71. The second-order valence-corrected chi connectivity index (χ2v) is 7.99. The van der Waals surface area contributed by atoms with E-state index >= 15 is 0 Å². The van der Waals surface area contributed by atoms with E-state index in [-0.39, 0.29) is 11.1 Å². The van der Waals surface area contributed by atoms with Crippen LogP contribution in [0.5, 0.6) is 0 Å². The molecule has 0 aliphatic rings. The van der Waals surface area contributed by atoms with E-state index in [1.165, 1.54) is 0 Å². The maximum atomic E-state index is 5.03. The van der Waals surface area contributed by atoms with Crippen molar-refractivity contribution in [1.82, 2.24) is 0 Å². The third-order valence-electron chi connectivity index (χ3n) is 3.21. The molecule has 0 N–H and O–H groups in total. The van der Waals surface area contributed by atoms with Crippen LogP contribution in [0.4, 0.5) is 0 Å². The zero-order valence-corrected chi connectivity index (χ0v) is 15.7. The molecule has 2 nitrogen and oxygen atoms in total. The maximum Gasteiger partial charge on any atom is 0.0911 e. The second kappa shape index (κ2) is 7.12. The van der Waals surface area contributed by atoms with E-state index in [0.717, 1.165) is 22.6 Å². The summed E-state index contributed by atoms with van der Waals surface area (Å²) in [6.45, 7) is 12.7. The highest BCUT2D eigenvalue weighted by Crippen LogP contribution is 2.18. The van der Waals surface area contributed by atoms with E-state index in [9.17, 15) is 0 Å². The first kappa shape index (κ1) is 18.1. The van der Waals surface area contributed by atoms with Crippen molar-refractivity contribution < 1.29 is 0 Å². The van der Waals surface area contributed by atoms with Crippen molar-refractivity contribution in [2.45, 2.75) is 52.6 Å². The van der Waals surface area contributed by atoms with Gasteiger partial charge in [0.15, 0.2) is 0 Å². The molecule has 0 aliphatic heterocycles. The van der Waals surface area contributed by atoms with Crippen LogP contribution in [0.15, 0.2) is 70.6 Å². The highest BCUT2D eigenvalue weighted by molar-refractivity contribution is 6.53. The summed E-state index contributed by atoms with van der Waals surface area (Å²) in [5, 5.41) is 0. The molecule has 2 heteroatoms. The van der Waals surface area contributed by atoms with Crippen LogP contribution in [0.2, 0.25) is 0 Å². The molecule has 24 heavy (non-hydrogen) atoms. The molecule has 0 fully saturated rings. The minimum atomic E-state index is -0.182. The van der Waals surface area contributed by atoms with Gasteiger partial charge in [-0.25, -0.2) is 0 Å². The van der Waals surface area contributed by atoms with E-state index in [1.54, 1.807) is 0 Å². The molecule has 0 amide bonds.